The molecule has 0 spiro atoms. The van der Waals surface area contributed by atoms with Crippen molar-refractivity contribution in [2.75, 3.05) is 0 Å². The third-order valence-electron chi connectivity index (χ3n) is 2.55. The van der Waals surface area contributed by atoms with Gasteiger partial charge in [0, 0.05) is 12.5 Å². The van der Waals surface area contributed by atoms with E-state index in [1.165, 1.54) is 19.3 Å². The molecule has 0 aromatic rings. The maximum absolute atomic E-state index is 11.4. The molecule has 0 fully saturated rings. The van der Waals surface area contributed by atoms with Gasteiger partial charge in [-0.05, 0) is 20.3 Å². The minimum Gasteiger partial charge on any atom is -0.484 e. The van der Waals surface area contributed by atoms with Crippen molar-refractivity contribution < 1.29 is 9.53 Å². The SMILES string of the molecule is CCCCCCC1=CC(=O)C(C)(C)O1. The van der Waals surface area contributed by atoms with E-state index in [2.05, 4.69) is 6.92 Å². The number of allylic oxidation sites excluding steroid dienone is 1. The van der Waals surface area contributed by atoms with Crippen LogP contribution in [-0.4, -0.2) is 11.4 Å². The number of ketones is 1. The molecule has 80 valence electrons. The molecule has 0 aromatic carbocycles. The van der Waals surface area contributed by atoms with Gasteiger partial charge in [0.05, 0.1) is 0 Å². The summed E-state index contributed by atoms with van der Waals surface area (Å²) in [6.45, 7) is 5.84. The van der Waals surface area contributed by atoms with Crippen LogP contribution in [0.2, 0.25) is 0 Å². The molecule has 0 bridgehead atoms. The van der Waals surface area contributed by atoms with E-state index in [-0.39, 0.29) is 5.78 Å². The fourth-order valence-corrected chi connectivity index (χ4v) is 1.58. The molecule has 1 aliphatic heterocycles. The predicted octanol–water partition coefficient (Wildman–Crippen LogP) is 3.22. The number of carbonyl (C=O) groups excluding carboxylic acids is 1. The van der Waals surface area contributed by atoms with E-state index in [0.29, 0.717) is 0 Å². The second-order valence-electron chi connectivity index (χ2n) is 4.40. The largest absolute Gasteiger partial charge is 0.484 e. The molecule has 2 nitrogen and oxygen atoms in total. The van der Waals surface area contributed by atoms with Crippen LogP contribution in [0.15, 0.2) is 11.8 Å². The van der Waals surface area contributed by atoms with Crippen LogP contribution in [0.4, 0.5) is 0 Å². The quantitative estimate of drug-likeness (QED) is 0.631. The number of hydrogen-bond acceptors (Lipinski definition) is 2. The molecule has 1 heterocycles. The maximum Gasteiger partial charge on any atom is 0.201 e. The van der Waals surface area contributed by atoms with E-state index < -0.39 is 5.60 Å². The van der Waals surface area contributed by atoms with Gasteiger partial charge in [0.15, 0.2) is 5.60 Å². The second-order valence-corrected chi connectivity index (χ2v) is 4.40. The summed E-state index contributed by atoms with van der Waals surface area (Å²) in [5.74, 6) is 0.971. The highest BCUT2D eigenvalue weighted by Gasteiger charge is 2.34. The Morgan fingerprint density at radius 1 is 1.29 bits per heavy atom. The van der Waals surface area contributed by atoms with E-state index in [0.717, 1.165) is 18.6 Å². The first kappa shape index (κ1) is 11.3. The fourth-order valence-electron chi connectivity index (χ4n) is 1.58. The molecule has 0 amide bonds. The van der Waals surface area contributed by atoms with Crippen LogP contribution in [0.3, 0.4) is 0 Å². The van der Waals surface area contributed by atoms with E-state index in [4.69, 9.17) is 4.74 Å². The molecule has 0 radical (unpaired) electrons. The molecule has 0 aromatic heterocycles. The zero-order chi connectivity index (χ0) is 10.6. The van der Waals surface area contributed by atoms with Gasteiger partial charge in [-0.2, -0.15) is 0 Å². The summed E-state index contributed by atoms with van der Waals surface area (Å²) in [7, 11) is 0. The van der Waals surface area contributed by atoms with Crippen molar-refractivity contribution >= 4 is 5.78 Å². The minimum absolute atomic E-state index is 0.1000. The zero-order valence-electron chi connectivity index (χ0n) is 9.43. The molecule has 2 heteroatoms. The van der Waals surface area contributed by atoms with Gasteiger partial charge in [-0.25, -0.2) is 0 Å². The van der Waals surface area contributed by atoms with Crippen molar-refractivity contribution in [2.24, 2.45) is 0 Å². The number of hydrogen-bond donors (Lipinski definition) is 0. The van der Waals surface area contributed by atoms with Crippen molar-refractivity contribution in [1.82, 2.24) is 0 Å². The summed E-state index contributed by atoms with van der Waals surface area (Å²) >= 11 is 0. The van der Waals surface area contributed by atoms with Gasteiger partial charge in [-0.15, -0.1) is 0 Å². The summed E-state index contributed by atoms with van der Waals surface area (Å²) in [6, 6.07) is 0. The monoisotopic (exact) mass is 196 g/mol. The Bertz CT molecular complexity index is 239. The lowest BCUT2D eigenvalue weighted by Gasteiger charge is -2.17. The molecule has 0 atom stereocenters. The lowest BCUT2D eigenvalue weighted by atomic mass is 10.1. The highest BCUT2D eigenvalue weighted by molar-refractivity contribution is 5.98. The third-order valence-corrected chi connectivity index (χ3v) is 2.55. The highest BCUT2D eigenvalue weighted by Crippen LogP contribution is 2.27. The second kappa shape index (κ2) is 4.63. The number of carbonyl (C=O) groups is 1. The summed E-state index contributed by atoms with van der Waals surface area (Å²) in [5, 5.41) is 0. The maximum atomic E-state index is 11.4. The van der Waals surface area contributed by atoms with Gasteiger partial charge < -0.3 is 4.74 Å². The first-order chi connectivity index (χ1) is 6.56. The number of rotatable bonds is 5. The lowest BCUT2D eigenvalue weighted by molar-refractivity contribution is -0.127. The molecule has 0 saturated heterocycles. The van der Waals surface area contributed by atoms with Gasteiger partial charge in [-0.3, -0.25) is 4.79 Å². The van der Waals surface area contributed by atoms with Crippen LogP contribution in [0.1, 0.15) is 52.9 Å². The molecule has 14 heavy (non-hydrogen) atoms. The molecular formula is C12H20O2. The Kier molecular flexibility index (Phi) is 3.73. The van der Waals surface area contributed by atoms with Gasteiger partial charge in [-0.1, -0.05) is 26.2 Å². The van der Waals surface area contributed by atoms with Crippen LogP contribution >= 0.6 is 0 Å². The first-order valence-electron chi connectivity index (χ1n) is 5.50. The Labute approximate surface area is 86.3 Å². The predicted molar refractivity (Wildman–Crippen MR) is 57.0 cm³/mol. The van der Waals surface area contributed by atoms with E-state index >= 15 is 0 Å². The van der Waals surface area contributed by atoms with E-state index in [1.807, 2.05) is 13.8 Å². The van der Waals surface area contributed by atoms with Crippen molar-refractivity contribution in [3.05, 3.63) is 11.8 Å². The average Bonchev–Trinajstić information content (AvgIpc) is 2.35. The summed E-state index contributed by atoms with van der Waals surface area (Å²) in [6.07, 6.45) is 7.44. The van der Waals surface area contributed by atoms with Crippen LogP contribution < -0.4 is 0 Å². The Balaban J connectivity index is 2.28. The third kappa shape index (κ3) is 2.86. The van der Waals surface area contributed by atoms with Crippen molar-refractivity contribution in [3.8, 4) is 0 Å². The minimum atomic E-state index is -0.611. The van der Waals surface area contributed by atoms with E-state index in [1.54, 1.807) is 6.08 Å². The van der Waals surface area contributed by atoms with E-state index in [9.17, 15) is 4.79 Å². The van der Waals surface area contributed by atoms with Crippen LogP contribution in [-0.2, 0) is 9.53 Å². The van der Waals surface area contributed by atoms with Crippen LogP contribution in [0.5, 0.6) is 0 Å². The molecule has 0 aliphatic carbocycles. The topological polar surface area (TPSA) is 26.3 Å². The van der Waals surface area contributed by atoms with Gasteiger partial charge in [0.2, 0.25) is 5.78 Å². The lowest BCUT2D eigenvalue weighted by Crippen LogP contribution is -2.27. The van der Waals surface area contributed by atoms with Crippen LogP contribution in [0.25, 0.3) is 0 Å². The molecule has 1 rings (SSSR count). The number of ether oxygens (including phenoxy) is 1. The van der Waals surface area contributed by atoms with Gasteiger partial charge in [0.25, 0.3) is 0 Å². The smallest absolute Gasteiger partial charge is 0.201 e. The number of unbranched alkanes of at least 4 members (excludes halogenated alkanes) is 3. The Morgan fingerprint density at radius 3 is 2.50 bits per heavy atom. The van der Waals surface area contributed by atoms with Crippen molar-refractivity contribution in [2.45, 2.75) is 58.5 Å². The Hall–Kier alpha value is -0.790. The van der Waals surface area contributed by atoms with Crippen molar-refractivity contribution in [3.63, 3.8) is 0 Å². The zero-order valence-corrected chi connectivity index (χ0v) is 9.43. The molecule has 0 N–H and O–H groups in total. The summed E-state index contributed by atoms with van der Waals surface area (Å²) < 4.78 is 5.55. The normalized spacial score (nSPS) is 19.4. The fraction of sp³-hybridized carbons (Fsp3) is 0.750. The molecular weight excluding hydrogens is 176 g/mol. The molecule has 0 saturated carbocycles. The summed E-state index contributed by atoms with van der Waals surface area (Å²) in [4.78, 5) is 11.4. The summed E-state index contributed by atoms with van der Waals surface area (Å²) in [5.41, 5.74) is -0.611. The van der Waals surface area contributed by atoms with Gasteiger partial charge >= 0.3 is 0 Å². The standard InChI is InChI=1S/C12H20O2/c1-4-5-6-7-8-10-9-11(13)12(2,3)14-10/h9H,4-8H2,1-3H3. The highest BCUT2D eigenvalue weighted by atomic mass is 16.5. The average molecular weight is 196 g/mol. The first-order valence-corrected chi connectivity index (χ1v) is 5.50. The molecule has 0 unspecified atom stereocenters. The molecule has 1 aliphatic rings. The van der Waals surface area contributed by atoms with Crippen LogP contribution in [0, 0.1) is 0 Å². The van der Waals surface area contributed by atoms with Gasteiger partial charge in [0.1, 0.15) is 5.76 Å². The van der Waals surface area contributed by atoms with Crippen molar-refractivity contribution in [1.29, 1.82) is 0 Å². The Morgan fingerprint density at radius 2 is 2.00 bits per heavy atom.